The van der Waals surface area contributed by atoms with E-state index in [0.717, 1.165) is 16.6 Å². The van der Waals surface area contributed by atoms with Crippen molar-refractivity contribution in [1.29, 1.82) is 0 Å². The van der Waals surface area contributed by atoms with Gasteiger partial charge in [0.2, 0.25) is 0 Å². The molecule has 1 aliphatic heterocycles. The Bertz CT molecular complexity index is 706. The van der Waals surface area contributed by atoms with Gasteiger partial charge >= 0.3 is 13.2 Å². The molecule has 0 aromatic heterocycles. The molecule has 0 bridgehead atoms. The van der Waals surface area contributed by atoms with E-state index >= 15 is 0 Å². The van der Waals surface area contributed by atoms with Crippen LogP contribution in [0.25, 0.3) is 0 Å². The molecule has 5 nitrogen and oxygen atoms in total. The third kappa shape index (κ3) is 5.29. The predicted molar refractivity (Wildman–Crippen MR) is 114 cm³/mol. The maximum absolute atomic E-state index is 12.7. The zero-order valence-electron chi connectivity index (χ0n) is 19.2. The molecule has 0 aliphatic carbocycles. The van der Waals surface area contributed by atoms with Crippen LogP contribution in [0.1, 0.15) is 73.4 Å². The fraction of sp³-hybridized carbons (Fsp3) is 0.682. The van der Waals surface area contributed by atoms with E-state index in [4.69, 9.17) is 14.0 Å². The summed E-state index contributed by atoms with van der Waals surface area (Å²) in [6.07, 6.45) is -0.304. The highest BCUT2D eigenvalue weighted by Gasteiger charge is 2.51. The van der Waals surface area contributed by atoms with E-state index in [2.05, 4.69) is 18.2 Å². The van der Waals surface area contributed by atoms with E-state index in [-0.39, 0.29) is 23.3 Å². The number of ether oxygens (including phenoxy) is 1. The third-order valence-electron chi connectivity index (χ3n) is 5.29. The number of nitrogens with zero attached hydrogens (tertiary/aromatic N) is 1. The topological polar surface area (TPSA) is 48.0 Å². The smallest absolute Gasteiger partial charge is 0.444 e. The summed E-state index contributed by atoms with van der Waals surface area (Å²) in [5.74, 6) is 0. The second-order valence-electron chi connectivity index (χ2n) is 10.0. The zero-order valence-corrected chi connectivity index (χ0v) is 19.2. The molecule has 2 rings (SSSR count). The molecule has 6 heteroatoms. The first-order chi connectivity index (χ1) is 12.6. The first-order valence-corrected chi connectivity index (χ1v) is 10.1. The summed E-state index contributed by atoms with van der Waals surface area (Å²) in [4.78, 5) is 14.4. The van der Waals surface area contributed by atoms with Crippen molar-refractivity contribution in [2.75, 3.05) is 0 Å². The second kappa shape index (κ2) is 7.71. The number of aryl methyl sites for hydroxylation is 1. The Labute approximate surface area is 170 Å². The van der Waals surface area contributed by atoms with Crippen molar-refractivity contribution in [1.82, 2.24) is 4.90 Å². The number of carbonyl (C=O) groups is 1. The number of amides is 1. The Morgan fingerprint density at radius 2 is 1.64 bits per heavy atom. The Morgan fingerprint density at radius 3 is 2.11 bits per heavy atom. The van der Waals surface area contributed by atoms with Gasteiger partial charge in [-0.2, -0.15) is 0 Å². The second-order valence-corrected chi connectivity index (χ2v) is 10.0. The fourth-order valence-electron chi connectivity index (χ4n) is 3.08. The van der Waals surface area contributed by atoms with Crippen LogP contribution in [0.5, 0.6) is 0 Å². The van der Waals surface area contributed by atoms with Crippen molar-refractivity contribution >= 4 is 18.7 Å². The lowest BCUT2D eigenvalue weighted by molar-refractivity contribution is 0.00578. The molecule has 0 atom stereocenters. The molecule has 1 aromatic carbocycles. The predicted octanol–water partition coefficient (Wildman–Crippen LogP) is 4.44. The van der Waals surface area contributed by atoms with E-state index in [1.807, 2.05) is 69.2 Å². The van der Waals surface area contributed by atoms with Crippen molar-refractivity contribution in [3.05, 3.63) is 29.3 Å². The highest BCUT2D eigenvalue weighted by Crippen LogP contribution is 2.36. The molecule has 0 radical (unpaired) electrons. The van der Waals surface area contributed by atoms with E-state index in [9.17, 15) is 4.79 Å². The molecule has 1 fully saturated rings. The summed E-state index contributed by atoms with van der Waals surface area (Å²) in [6, 6.07) is 6.26. The minimum atomic E-state index is -0.523. The van der Waals surface area contributed by atoms with Crippen LogP contribution in [0.2, 0.25) is 0 Å². The largest absolute Gasteiger partial charge is 0.494 e. The SMILES string of the molecule is Cc1cc(CN(C(=O)OC(C)(C)C)C(C)C)cc(B2OC(C)(C)C(C)(C)O2)c1. The molecule has 156 valence electrons. The average Bonchev–Trinajstić information content (AvgIpc) is 2.70. The summed E-state index contributed by atoms with van der Waals surface area (Å²) in [5.41, 5.74) is 1.82. The maximum Gasteiger partial charge on any atom is 0.494 e. The normalized spacial score (nSPS) is 18.5. The number of benzene rings is 1. The van der Waals surface area contributed by atoms with Gasteiger partial charge in [-0.25, -0.2) is 4.79 Å². The molecule has 0 N–H and O–H groups in total. The highest BCUT2D eigenvalue weighted by molar-refractivity contribution is 6.62. The molecule has 1 aliphatic rings. The van der Waals surface area contributed by atoms with Crippen LogP contribution in [-0.4, -0.2) is 41.0 Å². The molecule has 1 aromatic rings. The molecule has 0 saturated carbocycles. The summed E-state index contributed by atoms with van der Waals surface area (Å²) in [7, 11) is -0.419. The Balaban J connectivity index is 2.26. The van der Waals surface area contributed by atoms with Crippen LogP contribution in [0.3, 0.4) is 0 Å². The van der Waals surface area contributed by atoms with Crippen molar-refractivity contribution in [3.8, 4) is 0 Å². The van der Waals surface area contributed by atoms with E-state index < -0.39 is 12.7 Å². The standard InChI is InChI=1S/C22H36BNO4/c1-15(2)24(19(25)26-20(4,5)6)14-17-11-16(3)12-18(13-17)23-27-21(7,8)22(9,10)28-23/h11-13,15H,14H2,1-10H3. The highest BCUT2D eigenvalue weighted by atomic mass is 16.7. The monoisotopic (exact) mass is 389 g/mol. The summed E-state index contributed by atoms with van der Waals surface area (Å²) < 4.78 is 18.0. The molecular weight excluding hydrogens is 353 g/mol. The van der Waals surface area contributed by atoms with E-state index in [1.54, 1.807) is 4.90 Å². The van der Waals surface area contributed by atoms with Crippen molar-refractivity contribution in [2.24, 2.45) is 0 Å². The summed E-state index contributed by atoms with van der Waals surface area (Å²) in [6.45, 7) is 20.3. The average molecular weight is 389 g/mol. The lowest BCUT2D eigenvalue weighted by Gasteiger charge is -2.32. The maximum atomic E-state index is 12.7. The molecule has 1 heterocycles. The molecular formula is C22H36BNO4. The van der Waals surface area contributed by atoms with E-state index in [0.29, 0.717) is 6.54 Å². The Hall–Kier alpha value is -1.53. The van der Waals surface area contributed by atoms with Gasteiger partial charge in [-0.05, 0) is 80.3 Å². The Kier molecular flexibility index (Phi) is 6.27. The van der Waals surface area contributed by atoms with Gasteiger partial charge in [0.25, 0.3) is 0 Å². The van der Waals surface area contributed by atoms with Crippen LogP contribution >= 0.6 is 0 Å². The summed E-state index contributed by atoms with van der Waals surface area (Å²) in [5, 5.41) is 0. The van der Waals surface area contributed by atoms with Crippen LogP contribution in [0.15, 0.2) is 18.2 Å². The van der Waals surface area contributed by atoms with Gasteiger partial charge in [-0.3, -0.25) is 0 Å². The Morgan fingerprint density at radius 1 is 1.11 bits per heavy atom. The minimum absolute atomic E-state index is 0.0238. The van der Waals surface area contributed by atoms with Crippen molar-refractivity contribution in [3.63, 3.8) is 0 Å². The van der Waals surface area contributed by atoms with Crippen LogP contribution < -0.4 is 5.46 Å². The van der Waals surface area contributed by atoms with Gasteiger partial charge < -0.3 is 18.9 Å². The van der Waals surface area contributed by atoms with Gasteiger partial charge in [0.15, 0.2) is 0 Å². The molecule has 0 spiro atoms. The van der Waals surface area contributed by atoms with Gasteiger partial charge in [0, 0.05) is 12.6 Å². The lowest BCUT2D eigenvalue weighted by Crippen LogP contribution is -2.41. The van der Waals surface area contributed by atoms with Gasteiger partial charge in [-0.1, -0.05) is 23.8 Å². The number of rotatable bonds is 4. The van der Waals surface area contributed by atoms with Crippen molar-refractivity contribution < 1.29 is 18.8 Å². The van der Waals surface area contributed by atoms with Crippen LogP contribution in [0, 0.1) is 6.92 Å². The van der Waals surface area contributed by atoms with Crippen LogP contribution in [0.4, 0.5) is 4.79 Å². The number of carbonyl (C=O) groups excluding carboxylic acids is 1. The number of hydrogen-bond donors (Lipinski definition) is 0. The minimum Gasteiger partial charge on any atom is -0.444 e. The first-order valence-electron chi connectivity index (χ1n) is 10.1. The summed E-state index contributed by atoms with van der Waals surface area (Å²) >= 11 is 0. The quantitative estimate of drug-likeness (QED) is 0.715. The van der Waals surface area contributed by atoms with E-state index in [1.165, 1.54) is 0 Å². The van der Waals surface area contributed by atoms with Gasteiger partial charge in [0.1, 0.15) is 5.60 Å². The lowest BCUT2D eigenvalue weighted by atomic mass is 9.77. The van der Waals surface area contributed by atoms with Gasteiger partial charge in [-0.15, -0.1) is 0 Å². The molecule has 28 heavy (non-hydrogen) atoms. The van der Waals surface area contributed by atoms with Crippen molar-refractivity contribution in [2.45, 2.75) is 98.6 Å². The van der Waals surface area contributed by atoms with Gasteiger partial charge in [0.05, 0.1) is 11.2 Å². The fourth-order valence-corrected chi connectivity index (χ4v) is 3.08. The van der Waals surface area contributed by atoms with Crippen LogP contribution in [-0.2, 0) is 20.6 Å². The number of hydrogen-bond acceptors (Lipinski definition) is 4. The molecule has 1 amide bonds. The molecule has 1 saturated heterocycles. The third-order valence-corrected chi connectivity index (χ3v) is 5.29. The zero-order chi connectivity index (χ0) is 21.5. The first kappa shape index (κ1) is 22.8. The molecule has 0 unspecified atom stereocenters.